The maximum Gasteiger partial charge on any atom is 0.244 e. The lowest BCUT2D eigenvalue weighted by atomic mass is 10.2. The number of hydrogen-bond donors (Lipinski definition) is 1. The first kappa shape index (κ1) is 20.7. The third-order valence-corrected chi connectivity index (χ3v) is 5.43. The number of nitrogens with zero attached hydrogens (tertiary/aromatic N) is 1. The van der Waals surface area contributed by atoms with E-state index in [9.17, 15) is 13.2 Å². The zero-order valence-electron chi connectivity index (χ0n) is 15.9. The molecule has 0 aliphatic rings. The number of likely N-dealkylation sites (N-methyl/N-ethyl adjacent to an activating group) is 1. The van der Waals surface area contributed by atoms with Gasteiger partial charge in [-0.1, -0.05) is 12.1 Å². The Balaban J connectivity index is 2.20. The van der Waals surface area contributed by atoms with Crippen LogP contribution >= 0.6 is 0 Å². The Morgan fingerprint density at radius 1 is 1.11 bits per heavy atom. The molecular formula is C19H24N2O5S. The molecule has 2 aromatic rings. The van der Waals surface area contributed by atoms with Gasteiger partial charge in [-0.05, 0) is 43.7 Å². The van der Waals surface area contributed by atoms with Gasteiger partial charge < -0.3 is 14.4 Å². The van der Waals surface area contributed by atoms with Gasteiger partial charge in [0, 0.05) is 18.3 Å². The maximum absolute atomic E-state index is 12.7. The van der Waals surface area contributed by atoms with Crippen LogP contribution in [0.15, 0.2) is 47.4 Å². The number of carbonyl (C=O) groups excluding carboxylic acids is 1. The third-order valence-electron chi connectivity index (χ3n) is 4.00. The summed E-state index contributed by atoms with van der Waals surface area (Å²) < 4.78 is 37.9. The highest BCUT2D eigenvalue weighted by Gasteiger charge is 2.23. The molecule has 2 rings (SSSR count). The minimum atomic E-state index is -3.97. The predicted octanol–water partition coefficient (Wildman–Crippen LogP) is 2.34. The molecule has 0 aromatic heterocycles. The lowest BCUT2D eigenvalue weighted by Gasteiger charge is -2.22. The van der Waals surface area contributed by atoms with Crippen LogP contribution in [0.4, 0.5) is 5.69 Å². The van der Waals surface area contributed by atoms with Gasteiger partial charge in [0.15, 0.2) is 0 Å². The van der Waals surface area contributed by atoms with E-state index in [0.717, 1.165) is 11.3 Å². The summed E-state index contributed by atoms with van der Waals surface area (Å²) in [7, 11) is -1.15. The van der Waals surface area contributed by atoms with Crippen molar-refractivity contribution in [1.29, 1.82) is 0 Å². The third kappa shape index (κ3) is 4.99. The molecule has 1 amide bonds. The number of carbonyl (C=O) groups is 1. The second-order valence-corrected chi connectivity index (χ2v) is 7.55. The first-order chi connectivity index (χ1) is 12.8. The van der Waals surface area contributed by atoms with Crippen molar-refractivity contribution >= 4 is 21.6 Å². The minimum absolute atomic E-state index is 0.0873. The zero-order chi connectivity index (χ0) is 20.0. The van der Waals surface area contributed by atoms with Gasteiger partial charge >= 0.3 is 0 Å². The fourth-order valence-electron chi connectivity index (χ4n) is 2.62. The van der Waals surface area contributed by atoms with E-state index in [2.05, 4.69) is 4.72 Å². The van der Waals surface area contributed by atoms with E-state index in [4.69, 9.17) is 9.47 Å². The largest absolute Gasteiger partial charge is 0.497 e. The number of benzene rings is 2. The van der Waals surface area contributed by atoms with Crippen LogP contribution < -0.4 is 19.1 Å². The molecule has 0 bridgehead atoms. The summed E-state index contributed by atoms with van der Waals surface area (Å²) in [6.07, 6.45) is 0. The standard InChI is InChI=1S/C19H24N2O5S/c1-5-21(15-8-6-7-14(2)11-15)19(22)13-20-27(23,24)18-12-16(25-3)9-10-17(18)26-4/h6-12,20H,5,13H2,1-4H3. The molecule has 7 nitrogen and oxygen atoms in total. The molecule has 27 heavy (non-hydrogen) atoms. The average molecular weight is 392 g/mol. The molecular weight excluding hydrogens is 368 g/mol. The van der Waals surface area contributed by atoms with E-state index in [0.29, 0.717) is 12.3 Å². The van der Waals surface area contributed by atoms with Crippen molar-refractivity contribution in [1.82, 2.24) is 4.72 Å². The monoisotopic (exact) mass is 392 g/mol. The molecule has 2 aromatic carbocycles. The zero-order valence-corrected chi connectivity index (χ0v) is 16.7. The van der Waals surface area contributed by atoms with Crippen molar-refractivity contribution in [3.63, 3.8) is 0 Å². The highest BCUT2D eigenvalue weighted by Crippen LogP contribution is 2.28. The van der Waals surface area contributed by atoms with Crippen molar-refractivity contribution in [3.05, 3.63) is 48.0 Å². The molecule has 0 atom stereocenters. The van der Waals surface area contributed by atoms with Crippen LogP contribution in [0.5, 0.6) is 11.5 Å². The van der Waals surface area contributed by atoms with E-state index < -0.39 is 10.0 Å². The normalized spacial score (nSPS) is 11.1. The van der Waals surface area contributed by atoms with Crippen molar-refractivity contribution in [2.75, 3.05) is 32.2 Å². The minimum Gasteiger partial charge on any atom is -0.497 e. The van der Waals surface area contributed by atoms with Crippen LogP contribution in [0.3, 0.4) is 0 Å². The molecule has 0 spiro atoms. The number of rotatable bonds is 8. The molecule has 0 aliphatic carbocycles. The Morgan fingerprint density at radius 2 is 1.85 bits per heavy atom. The SMILES string of the molecule is CCN(C(=O)CNS(=O)(=O)c1cc(OC)ccc1OC)c1cccc(C)c1. The van der Waals surface area contributed by atoms with Crippen LogP contribution in [-0.2, 0) is 14.8 Å². The van der Waals surface area contributed by atoms with Crippen LogP contribution in [0.25, 0.3) is 0 Å². The molecule has 0 saturated heterocycles. The Bertz CT molecular complexity index is 912. The average Bonchev–Trinajstić information content (AvgIpc) is 2.66. The van der Waals surface area contributed by atoms with E-state index in [1.54, 1.807) is 6.07 Å². The fraction of sp³-hybridized carbons (Fsp3) is 0.316. The Hall–Kier alpha value is -2.58. The lowest BCUT2D eigenvalue weighted by Crippen LogP contribution is -2.40. The van der Waals surface area contributed by atoms with Gasteiger partial charge in [0.2, 0.25) is 15.9 Å². The summed E-state index contributed by atoms with van der Waals surface area (Å²) in [5.74, 6) is 0.188. The highest BCUT2D eigenvalue weighted by molar-refractivity contribution is 7.89. The van der Waals surface area contributed by atoms with E-state index in [-0.39, 0.29) is 23.1 Å². The number of hydrogen-bond acceptors (Lipinski definition) is 5. The van der Waals surface area contributed by atoms with Gasteiger partial charge in [0.05, 0.1) is 20.8 Å². The van der Waals surface area contributed by atoms with Gasteiger partial charge in [-0.25, -0.2) is 13.1 Å². The molecule has 0 unspecified atom stereocenters. The molecule has 0 saturated carbocycles. The Kier molecular flexibility index (Phi) is 6.81. The second kappa shape index (κ2) is 8.88. The number of amides is 1. The number of ether oxygens (including phenoxy) is 2. The van der Waals surface area contributed by atoms with Gasteiger partial charge in [0.25, 0.3) is 0 Å². The van der Waals surface area contributed by atoms with Crippen molar-refractivity contribution in [2.24, 2.45) is 0 Å². The number of aryl methyl sites for hydroxylation is 1. The van der Waals surface area contributed by atoms with Gasteiger partial charge in [-0.2, -0.15) is 0 Å². The Labute approximate surface area is 160 Å². The Morgan fingerprint density at radius 3 is 2.44 bits per heavy atom. The fourth-order valence-corrected chi connectivity index (χ4v) is 3.78. The number of sulfonamides is 1. The molecule has 1 N–H and O–H groups in total. The van der Waals surface area contributed by atoms with Gasteiger partial charge in [0.1, 0.15) is 16.4 Å². The summed E-state index contributed by atoms with van der Waals surface area (Å²) in [5, 5.41) is 0. The van der Waals surface area contributed by atoms with Crippen LogP contribution in [0, 0.1) is 6.92 Å². The molecule has 0 fully saturated rings. The first-order valence-electron chi connectivity index (χ1n) is 8.41. The van der Waals surface area contributed by atoms with E-state index >= 15 is 0 Å². The lowest BCUT2D eigenvalue weighted by molar-refractivity contribution is -0.117. The van der Waals surface area contributed by atoms with Crippen molar-refractivity contribution in [3.8, 4) is 11.5 Å². The van der Waals surface area contributed by atoms with Crippen molar-refractivity contribution in [2.45, 2.75) is 18.7 Å². The predicted molar refractivity (Wildman–Crippen MR) is 104 cm³/mol. The summed E-state index contributed by atoms with van der Waals surface area (Å²) in [6, 6.07) is 11.9. The second-order valence-electron chi connectivity index (χ2n) is 5.82. The number of methoxy groups -OCH3 is 2. The van der Waals surface area contributed by atoms with E-state index in [1.165, 1.54) is 31.3 Å². The smallest absolute Gasteiger partial charge is 0.244 e. The van der Waals surface area contributed by atoms with Gasteiger partial charge in [-0.3, -0.25) is 4.79 Å². The van der Waals surface area contributed by atoms with Gasteiger partial charge in [-0.15, -0.1) is 0 Å². The topological polar surface area (TPSA) is 84.9 Å². The summed E-state index contributed by atoms with van der Waals surface area (Å²) >= 11 is 0. The molecule has 0 aliphatic heterocycles. The molecule has 0 heterocycles. The molecule has 146 valence electrons. The summed E-state index contributed by atoms with van der Waals surface area (Å²) in [4.78, 5) is 14.0. The quantitative estimate of drug-likeness (QED) is 0.745. The van der Waals surface area contributed by atoms with E-state index in [1.807, 2.05) is 38.1 Å². The van der Waals surface area contributed by atoms with Crippen LogP contribution in [-0.4, -0.2) is 41.6 Å². The molecule has 8 heteroatoms. The summed E-state index contributed by atoms with van der Waals surface area (Å²) in [6.45, 7) is 3.82. The first-order valence-corrected chi connectivity index (χ1v) is 9.89. The van der Waals surface area contributed by atoms with Crippen LogP contribution in [0.2, 0.25) is 0 Å². The number of nitrogens with one attached hydrogen (secondary N) is 1. The molecule has 0 radical (unpaired) electrons. The highest BCUT2D eigenvalue weighted by atomic mass is 32.2. The maximum atomic E-state index is 12.7. The van der Waals surface area contributed by atoms with Crippen LogP contribution in [0.1, 0.15) is 12.5 Å². The number of anilines is 1. The summed E-state index contributed by atoms with van der Waals surface area (Å²) in [5.41, 5.74) is 1.74. The van der Waals surface area contributed by atoms with Crippen molar-refractivity contribution < 1.29 is 22.7 Å².